The summed E-state index contributed by atoms with van der Waals surface area (Å²) in [4.78, 5) is 14.8. The Morgan fingerprint density at radius 1 is 1.29 bits per heavy atom. The van der Waals surface area contributed by atoms with Crippen molar-refractivity contribution in [1.82, 2.24) is 10.2 Å². The number of piperidine rings is 1. The van der Waals surface area contributed by atoms with Gasteiger partial charge >= 0.3 is 0 Å². The predicted molar refractivity (Wildman–Crippen MR) is 88.2 cm³/mol. The highest BCUT2D eigenvalue weighted by Crippen LogP contribution is 2.28. The van der Waals surface area contributed by atoms with Gasteiger partial charge in [-0.1, -0.05) is 34.5 Å². The van der Waals surface area contributed by atoms with E-state index in [9.17, 15) is 4.79 Å². The van der Waals surface area contributed by atoms with E-state index in [1.165, 1.54) is 32.1 Å². The Hall–Kier alpha value is -0.870. The van der Waals surface area contributed by atoms with Gasteiger partial charge in [0.25, 0.3) is 0 Å². The fraction of sp³-hybridized carbons (Fsp3) is 0.588. The molecule has 4 heteroatoms. The smallest absolute Gasteiger partial charge is 0.227 e. The summed E-state index contributed by atoms with van der Waals surface area (Å²) in [6.45, 7) is 1.99. The fourth-order valence-corrected chi connectivity index (χ4v) is 3.53. The molecule has 3 nitrogen and oxygen atoms in total. The van der Waals surface area contributed by atoms with E-state index >= 15 is 0 Å². The zero-order valence-electron chi connectivity index (χ0n) is 12.4. The summed E-state index contributed by atoms with van der Waals surface area (Å²) in [6.07, 6.45) is 6.63. The van der Waals surface area contributed by atoms with Crippen LogP contribution in [0.15, 0.2) is 28.7 Å². The highest BCUT2D eigenvalue weighted by molar-refractivity contribution is 9.10. The van der Waals surface area contributed by atoms with Gasteiger partial charge in [-0.25, -0.2) is 0 Å². The number of benzene rings is 1. The molecule has 0 radical (unpaired) electrons. The number of amides is 1. The number of rotatable bonds is 5. The molecule has 1 atom stereocenters. The first-order valence-electron chi connectivity index (χ1n) is 7.99. The molecule has 1 heterocycles. The second kappa shape index (κ2) is 6.93. The lowest BCUT2D eigenvalue weighted by atomic mass is 10.0. The third-order valence-corrected chi connectivity index (χ3v) is 4.88. The normalized spacial score (nSPS) is 22.0. The van der Waals surface area contributed by atoms with Gasteiger partial charge < -0.3 is 10.2 Å². The Morgan fingerprint density at radius 2 is 2.14 bits per heavy atom. The van der Waals surface area contributed by atoms with Gasteiger partial charge in [-0.3, -0.25) is 4.79 Å². The van der Waals surface area contributed by atoms with Gasteiger partial charge in [0.15, 0.2) is 0 Å². The predicted octanol–water partition coefficient (Wildman–Crippen LogP) is 3.12. The van der Waals surface area contributed by atoms with Gasteiger partial charge in [0, 0.05) is 23.1 Å². The maximum atomic E-state index is 12.7. The van der Waals surface area contributed by atoms with Crippen molar-refractivity contribution >= 4 is 21.8 Å². The van der Waals surface area contributed by atoms with E-state index in [1.54, 1.807) is 0 Å². The Labute approximate surface area is 135 Å². The molecular weight excluding hydrogens is 328 g/mol. The molecule has 1 aromatic carbocycles. The van der Waals surface area contributed by atoms with Gasteiger partial charge in [-0.05, 0) is 49.9 Å². The molecule has 0 aromatic heterocycles. The van der Waals surface area contributed by atoms with Crippen molar-refractivity contribution in [2.75, 3.05) is 13.1 Å². The van der Waals surface area contributed by atoms with Crippen LogP contribution in [-0.4, -0.2) is 36.0 Å². The molecule has 1 saturated carbocycles. The number of hydrogen-bond acceptors (Lipinski definition) is 2. The van der Waals surface area contributed by atoms with Crippen LogP contribution in [0.2, 0.25) is 0 Å². The largest absolute Gasteiger partial charge is 0.338 e. The second-order valence-electron chi connectivity index (χ2n) is 6.23. The average molecular weight is 351 g/mol. The first kappa shape index (κ1) is 15.0. The van der Waals surface area contributed by atoms with Crippen LogP contribution in [-0.2, 0) is 11.2 Å². The molecule has 3 rings (SSSR count). The summed E-state index contributed by atoms with van der Waals surface area (Å²) in [5.41, 5.74) is 1.09. The Balaban J connectivity index is 1.61. The van der Waals surface area contributed by atoms with Crippen molar-refractivity contribution in [3.8, 4) is 0 Å². The standard InChI is InChI=1S/C17H23BrN2O/c18-14-5-3-4-13(10-14)11-17(21)20(16-7-8-16)12-15-6-1-2-9-19-15/h3-5,10,15-16,19H,1-2,6-9,11-12H2. The zero-order chi connectivity index (χ0) is 14.7. The lowest BCUT2D eigenvalue weighted by Gasteiger charge is -2.31. The van der Waals surface area contributed by atoms with E-state index in [1.807, 2.05) is 24.3 Å². The number of carbonyl (C=O) groups is 1. The minimum Gasteiger partial charge on any atom is -0.338 e. The van der Waals surface area contributed by atoms with Gasteiger partial charge in [0.05, 0.1) is 6.42 Å². The fourth-order valence-electron chi connectivity index (χ4n) is 3.08. The van der Waals surface area contributed by atoms with E-state index < -0.39 is 0 Å². The molecule has 0 bridgehead atoms. The maximum absolute atomic E-state index is 12.7. The van der Waals surface area contributed by atoms with Crippen molar-refractivity contribution in [3.05, 3.63) is 34.3 Å². The summed E-state index contributed by atoms with van der Waals surface area (Å²) >= 11 is 3.48. The summed E-state index contributed by atoms with van der Waals surface area (Å²) in [6, 6.07) is 9.06. The molecule has 114 valence electrons. The SMILES string of the molecule is O=C(Cc1cccc(Br)c1)N(CC1CCCCN1)C1CC1. The van der Waals surface area contributed by atoms with Crippen LogP contribution >= 0.6 is 15.9 Å². The van der Waals surface area contributed by atoms with Gasteiger partial charge in [-0.15, -0.1) is 0 Å². The molecule has 1 aliphatic heterocycles. The van der Waals surface area contributed by atoms with Crippen LogP contribution < -0.4 is 5.32 Å². The maximum Gasteiger partial charge on any atom is 0.227 e. The summed E-state index contributed by atoms with van der Waals surface area (Å²) in [7, 11) is 0. The number of carbonyl (C=O) groups excluding carboxylic acids is 1. The van der Waals surface area contributed by atoms with E-state index in [2.05, 4.69) is 26.1 Å². The van der Waals surface area contributed by atoms with Gasteiger partial charge in [0.2, 0.25) is 5.91 Å². The van der Waals surface area contributed by atoms with E-state index in [0.717, 1.165) is 23.1 Å². The first-order chi connectivity index (χ1) is 10.2. The van der Waals surface area contributed by atoms with Crippen molar-refractivity contribution in [1.29, 1.82) is 0 Å². The number of nitrogens with one attached hydrogen (secondary N) is 1. The second-order valence-corrected chi connectivity index (χ2v) is 7.15. The van der Waals surface area contributed by atoms with E-state index in [4.69, 9.17) is 0 Å². The zero-order valence-corrected chi connectivity index (χ0v) is 13.9. The average Bonchev–Trinajstić information content (AvgIpc) is 3.30. The monoisotopic (exact) mass is 350 g/mol. The van der Waals surface area contributed by atoms with Crippen LogP contribution in [0.4, 0.5) is 0 Å². The molecule has 1 saturated heterocycles. The molecule has 1 N–H and O–H groups in total. The summed E-state index contributed by atoms with van der Waals surface area (Å²) in [5.74, 6) is 0.281. The molecular formula is C17H23BrN2O. The van der Waals surface area contributed by atoms with Crippen LogP contribution in [0.1, 0.15) is 37.7 Å². The molecule has 1 aromatic rings. The van der Waals surface area contributed by atoms with Crippen molar-refractivity contribution in [2.24, 2.45) is 0 Å². The van der Waals surface area contributed by atoms with Crippen LogP contribution in [0.25, 0.3) is 0 Å². The van der Waals surface area contributed by atoms with Crippen molar-refractivity contribution < 1.29 is 4.79 Å². The summed E-state index contributed by atoms with van der Waals surface area (Å²) in [5, 5.41) is 3.56. The quantitative estimate of drug-likeness (QED) is 0.884. The van der Waals surface area contributed by atoms with Gasteiger partial charge in [-0.2, -0.15) is 0 Å². The first-order valence-corrected chi connectivity index (χ1v) is 8.79. The minimum atomic E-state index is 0.281. The molecule has 2 aliphatic rings. The Bertz CT molecular complexity index is 495. The third kappa shape index (κ3) is 4.30. The Morgan fingerprint density at radius 3 is 2.81 bits per heavy atom. The van der Waals surface area contributed by atoms with Crippen LogP contribution in [0.3, 0.4) is 0 Å². The molecule has 2 fully saturated rings. The van der Waals surface area contributed by atoms with Crippen molar-refractivity contribution in [3.63, 3.8) is 0 Å². The molecule has 0 spiro atoms. The minimum absolute atomic E-state index is 0.281. The Kier molecular flexibility index (Phi) is 4.96. The molecule has 21 heavy (non-hydrogen) atoms. The lowest BCUT2D eigenvalue weighted by Crippen LogP contribution is -2.47. The lowest BCUT2D eigenvalue weighted by molar-refractivity contribution is -0.131. The van der Waals surface area contributed by atoms with E-state index in [0.29, 0.717) is 18.5 Å². The molecule has 1 aliphatic carbocycles. The van der Waals surface area contributed by atoms with E-state index in [-0.39, 0.29) is 5.91 Å². The number of hydrogen-bond donors (Lipinski definition) is 1. The molecule has 1 amide bonds. The van der Waals surface area contributed by atoms with Crippen LogP contribution in [0, 0.1) is 0 Å². The highest BCUT2D eigenvalue weighted by Gasteiger charge is 2.34. The highest BCUT2D eigenvalue weighted by atomic mass is 79.9. The third-order valence-electron chi connectivity index (χ3n) is 4.38. The van der Waals surface area contributed by atoms with Crippen molar-refractivity contribution in [2.45, 2.75) is 50.6 Å². The van der Waals surface area contributed by atoms with Gasteiger partial charge in [0.1, 0.15) is 0 Å². The number of halogens is 1. The number of nitrogens with zero attached hydrogens (tertiary/aromatic N) is 1. The topological polar surface area (TPSA) is 32.3 Å². The van der Waals surface area contributed by atoms with Crippen LogP contribution in [0.5, 0.6) is 0 Å². The summed E-state index contributed by atoms with van der Waals surface area (Å²) < 4.78 is 1.04. The molecule has 1 unspecified atom stereocenters.